The van der Waals surface area contributed by atoms with Crippen molar-refractivity contribution in [3.8, 4) is 11.5 Å². The van der Waals surface area contributed by atoms with Gasteiger partial charge >= 0.3 is 0 Å². The number of para-hydroxylation sites is 1. The van der Waals surface area contributed by atoms with Gasteiger partial charge in [0.1, 0.15) is 18.1 Å². The molecule has 0 radical (unpaired) electrons. The number of likely N-dealkylation sites (N-methyl/N-ethyl adjacent to an activating group) is 1. The first kappa shape index (κ1) is 18.7. The van der Waals surface area contributed by atoms with Crippen LogP contribution in [0.3, 0.4) is 0 Å². The third-order valence-corrected chi connectivity index (χ3v) is 5.02. The molecule has 0 saturated carbocycles. The van der Waals surface area contributed by atoms with E-state index in [4.69, 9.17) is 9.47 Å². The third-order valence-electron chi connectivity index (χ3n) is 5.02. The molecule has 4 heteroatoms. The van der Waals surface area contributed by atoms with Crippen LogP contribution in [0.4, 0.5) is 0 Å². The zero-order valence-electron chi connectivity index (χ0n) is 16.0. The van der Waals surface area contributed by atoms with Gasteiger partial charge in [-0.05, 0) is 56.3 Å². The SMILES string of the molecule is COc1ccc(CCCN2CCN(C)CC2)cc1COc1ccccc1. The highest BCUT2D eigenvalue weighted by Crippen LogP contribution is 2.23. The number of benzene rings is 2. The van der Waals surface area contributed by atoms with Gasteiger partial charge in [0, 0.05) is 31.7 Å². The maximum absolute atomic E-state index is 5.91. The van der Waals surface area contributed by atoms with Gasteiger partial charge in [0.2, 0.25) is 0 Å². The molecule has 1 heterocycles. The molecule has 26 heavy (non-hydrogen) atoms. The summed E-state index contributed by atoms with van der Waals surface area (Å²) in [7, 11) is 3.92. The number of piperazine rings is 1. The van der Waals surface area contributed by atoms with Crippen LogP contribution in [0, 0.1) is 0 Å². The average Bonchev–Trinajstić information content (AvgIpc) is 2.69. The molecule has 4 nitrogen and oxygen atoms in total. The molecule has 1 aliphatic rings. The van der Waals surface area contributed by atoms with Gasteiger partial charge in [-0.25, -0.2) is 0 Å². The zero-order valence-corrected chi connectivity index (χ0v) is 16.0. The van der Waals surface area contributed by atoms with Crippen LogP contribution in [0.5, 0.6) is 11.5 Å². The lowest BCUT2D eigenvalue weighted by molar-refractivity contribution is 0.153. The van der Waals surface area contributed by atoms with Crippen LogP contribution >= 0.6 is 0 Å². The lowest BCUT2D eigenvalue weighted by Crippen LogP contribution is -2.44. The average molecular weight is 354 g/mol. The number of methoxy groups -OCH3 is 1. The number of ether oxygens (including phenoxy) is 2. The maximum Gasteiger partial charge on any atom is 0.125 e. The van der Waals surface area contributed by atoms with Crippen LogP contribution in [0.2, 0.25) is 0 Å². The normalized spacial score (nSPS) is 15.8. The van der Waals surface area contributed by atoms with E-state index >= 15 is 0 Å². The largest absolute Gasteiger partial charge is 0.496 e. The topological polar surface area (TPSA) is 24.9 Å². The second kappa shape index (κ2) is 9.60. The van der Waals surface area contributed by atoms with Gasteiger partial charge in [0.05, 0.1) is 7.11 Å². The van der Waals surface area contributed by atoms with E-state index in [1.165, 1.54) is 44.7 Å². The summed E-state index contributed by atoms with van der Waals surface area (Å²) in [4.78, 5) is 4.97. The van der Waals surface area contributed by atoms with Crippen molar-refractivity contribution < 1.29 is 9.47 Å². The predicted molar refractivity (Wildman–Crippen MR) is 106 cm³/mol. The van der Waals surface area contributed by atoms with Crippen molar-refractivity contribution in [2.75, 3.05) is 46.9 Å². The van der Waals surface area contributed by atoms with E-state index in [-0.39, 0.29) is 0 Å². The van der Waals surface area contributed by atoms with Crippen LogP contribution in [-0.2, 0) is 13.0 Å². The molecule has 3 rings (SSSR count). The molecular weight excluding hydrogens is 324 g/mol. The smallest absolute Gasteiger partial charge is 0.125 e. The summed E-state index contributed by atoms with van der Waals surface area (Å²) in [5, 5.41) is 0. The van der Waals surface area contributed by atoms with Gasteiger partial charge in [0.15, 0.2) is 0 Å². The van der Waals surface area contributed by atoms with E-state index in [0.717, 1.165) is 23.5 Å². The van der Waals surface area contributed by atoms with Crippen molar-refractivity contribution in [3.05, 3.63) is 59.7 Å². The Kier molecular flexibility index (Phi) is 6.92. The predicted octanol–water partition coefficient (Wildman–Crippen LogP) is 3.45. The Balaban J connectivity index is 1.53. The second-order valence-electron chi connectivity index (χ2n) is 7.00. The molecule has 0 aromatic heterocycles. The molecule has 1 saturated heterocycles. The van der Waals surface area contributed by atoms with Crippen molar-refractivity contribution in [2.45, 2.75) is 19.4 Å². The number of rotatable bonds is 8. The molecule has 140 valence electrons. The number of hydrogen-bond acceptors (Lipinski definition) is 4. The summed E-state index contributed by atoms with van der Waals surface area (Å²) in [6.07, 6.45) is 2.28. The summed E-state index contributed by atoms with van der Waals surface area (Å²) in [5.41, 5.74) is 2.46. The fourth-order valence-electron chi connectivity index (χ4n) is 3.36. The molecule has 1 aliphatic heterocycles. The highest BCUT2D eigenvalue weighted by molar-refractivity contribution is 5.37. The summed E-state index contributed by atoms with van der Waals surface area (Å²) in [5.74, 6) is 1.78. The molecule has 1 fully saturated rings. The molecule has 0 unspecified atom stereocenters. The molecular formula is C22H30N2O2. The Morgan fingerprint density at radius 1 is 0.962 bits per heavy atom. The Labute approximate surface area is 157 Å². The van der Waals surface area contributed by atoms with Gasteiger partial charge in [-0.2, -0.15) is 0 Å². The highest BCUT2D eigenvalue weighted by atomic mass is 16.5. The molecule has 0 atom stereocenters. The van der Waals surface area contributed by atoms with E-state index in [0.29, 0.717) is 6.61 Å². The molecule has 2 aromatic carbocycles. The quantitative estimate of drug-likeness (QED) is 0.725. The van der Waals surface area contributed by atoms with Crippen molar-refractivity contribution in [1.82, 2.24) is 9.80 Å². The van der Waals surface area contributed by atoms with Crippen molar-refractivity contribution >= 4 is 0 Å². The van der Waals surface area contributed by atoms with Crippen LogP contribution in [0.25, 0.3) is 0 Å². The Morgan fingerprint density at radius 2 is 1.73 bits per heavy atom. The molecule has 2 aromatic rings. The van der Waals surface area contributed by atoms with E-state index in [1.807, 2.05) is 30.3 Å². The van der Waals surface area contributed by atoms with Crippen LogP contribution < -0.4 is 9.47 Å². The van der Waals surface area contributed by atoms with Crippen molar-refractivity contribution in [2.24, 2.45) is 0 Å². The maximum atomic E-state index is 5.91. The summed E-state index contributed by atoms with van der Waals surface area (Å²) in [6.45, 7) is 6.45. The first-order valence-corrected chi connectivity index (χ1v) is 9.49. The lowest BCUT2D eigenvalue weighted by atomic mass is 10.1. The van der Waals surface area contributed by atoms with Crippen molar-refractivity contribution in [1.29, 1.82) is 0 Å². The van der Waals surface area contributed by atoms with Crippen LogP contribution in [0.1, 0.15) is 17.5 Å². The van der Waals surface area contributed by atoms with Gasteiger partial charge in [0.25, 0.3) is 0 Å². The Morgan fingerprint density at radius 3 is 2.46 bits per heavy atom. The first-order valence-electron chi connectivity index (χ1n) is 9.49. The van der Waals surface area contributed by atoms with Gasteiger partial charge < -0.3 is 19.3 Å². The van der Waals surface area contributed by atoms with Gasteiger partial charge in [-0.1, -0.05) is 24.3 Å². The second-order valence-corrected chi connectivity index (χ2v) is 7.00. The summed E-state index contributed by atoms with van der Waals surface area (Å²) in [6, 6.07) is 16.4. The van der Waals surface area contributed by atoms with E-state index in [2.05, 4.69) is 35.0 Å². The fourth-order valence-corrected chi connectivity index (χ4v) is 3.36. The van der Waals surface area contributed by atoms with Crippen LogP contribution in [0.15, 0.2) is 48.5 Å². The first-order chi connectivity index (χ1) is 12.7. The van der Waals surface area contributed by atoms with E-state index < -0.39 is 0 Å². The Hall–Kier alpha value is -2.04. The minimum absolute atomic E-state index is 0.527. The van der Waals surface area contributed by atoms with E-state index in [9.17, 15) is 0 Å². The highest BCUT2D eigenvalue weighted by Gasteiger charge is 2.13. The van der Waals surface area contributed by atoms with E-state index in [1.54, 1.807) is 7.11 Å². The Bertz CT molecular complexity index is 667. The third kappa shape index (κ3) is 5.48. The zero-order chi connectivity index (χ0) is 18.2. The molecule has 0 aliphatic carbocycles. The lowest BCUT2D eigenvalue weighted by Gasteiger charge is -2.32. The number of hydrogen-bond donors (Lipinski definition) is 0. The minimum Gasteiger partial charge on any atom is -0.496 e. The summed E-state index contributed by atoms with van der Waals surface area (Å²) < 4.78 is 11.4. The minimum atomic E-state index is 0.527. The monoisotopic (exact) mass is 354 g/mol. The van der Waals surface area contributed by atoms with Crippen LogP contribution in [-0.4, -0.2) is 56.7 Å². The van der Waals surface area contributed by atoms with Gasteiger partial charge in [-0.3, -0.25) is 0 Å². The van der Waals surface area contributed by atoms with Gasteiger partial charge in [-0.15, -0.1) is 0 Å². The molecule has 0 amide bonds. The molecule has 0 spiro atoms. The fraction of sp³-hybridized carbons (Fsp3) is 0.455. The molecule has 0 N–H and O–H groups in total. The standard InChI is InChI=1S/C22H30N2O2/c1-23-13-15-24(16-14-23)12-6-7-19-10-11-22(25-2)20(17-19)18-26-21-8-4-3-5-9-21/h3-5,8-11,17H,6-7,12-16,18H2,1-2H3. The number of nitrogens with zero attached hydrogens (tertiary/aromatic N) is 2. The summed E-state index contributed by atoms with van der Waals surface area (Å²) >= 11 is 0. The van der Waals surface area contributed by atoms with Crippen molar-refractivity contribution in [3.63, 3.8) is 0 Å². The number of aryl methyl sites for hydroxylation is 1. The molecule has 0 bridgehead atoms.